The number of thiazole rings is 1. The molecule has 0 amide bonds. The third-order valence-electron chi connectivity index (χ3n) is 4.58. The Morgan fingerprint density at radius 3 is 2.70 bits per heavy atom. The Balaban J connectivity index is 1.54. The largest absolute Gasteiger partial charge is 0.357 e. The van der Waals surface area contributed by atoms with E-state index in [1.807, 2.05) is 18.3 Å². The van der Waals surface area contributed by atoms with E-state index in [4.69, 9.17) is 9.98 Å². The van der Waals surface area contributed by atoms with Crippen LogP contribution in [-0.4, -0.2) is 60.1 Å². The molecule has 0 atom stereocenters. The van der Waals surface area contributed by atoms with E-state index < -0.39 is 0 Å². The Hall–Kier alpha value is -2.15. The van der Waals surface area contributed by atoms with Crippen LogP contribution in [0.4, 0.5) is 5.82 Å². The van der Waals surface area contributed by atoms with Crippen LogP contribution in [0.3, 0.4) is 0 Å². The average Bonchev–Trinajstić information content (AvgIpc) is 3.17. The molecule has 0 aliphatic carbocycles. The Bertz CT molecular complexity index is 719. The molecular formula is C20H30N6S. The van der Waals surface area contributed by atoms with Crippen molar-refractivity contribution in [3.63, 3.8) is 0 Å². The van der Waals surface area contributed by atoms with E-state index in [1.54, 1.807) is 11.3 Å². The summed E-state index contributed by atoms with van der Waals surface area (Å²) in [6.45, 7) is 12.0. The highest BCUT2D eigenvalue weighted by Crippen LogP contribution is 2.19. The zero-order valence-electron chi connectivity index (χ0n) is 16.6. The summed E-state index contributed by atoms with van der Waals surface area (Å²) in [5, 5.41) is 6.83. The van der Waals surface area contributed by atoms with Gasteiger partial charge in [0.2, 0.25) is 0 Å². The first kappa shape index (κ1) is 19.6. The van der Waals surface area contributed by atoms with Crippen molar-refractivity contribution in [1.29, 1.82) is 0 Å². The highest BCUT2D eigenvalue weighted by molar-refractivity contribution is 7.09. The number of nitrogens with one attached hydrogen (secondary N) is 1. The topological polar surface area (TPSA) is 56.7 Å². The van der Waals surface area contributed by atoms with Gasteiger partial charge >= 0.3 is 0 Å². The van der Waals surface area contributed by atoms with Crippen molar-refractivity contribution in [3.8, 4) is 0 Å². The third kappa shape index (κ3) is 5.42. The molecule has 3 rings (SSSR count). The fourth-order valence-electron chi connectivity index (χ4n) is 3.09. The Morgan fingerprint density at radius 1 is 1.26 bits per heavy atom. The molecule has 0 radical (unpaired) electrons. The summed E-state index contributed by atoms with van der Waals surface area (Å²) in [6.07, 6.45) is 2.75. The van der Waals surface area contributed by atoms with Crippen LogP contribution >= 0.6 is 11.3 Å². The first-order valence-electron chi connectivity index (χ1n) is 9.81. The molecule has 3 heterocycles. The first-order valence-corrected chi connectivity index (χ1v) is 10.7. The quantitative estimate of drug-likeness (QED) is 0.611. The second kappa shape index (κ2) is 9.69. The number of guanidine groups is 1. The number of aliphatic imine (C=N–C) groups is 1. The van der Waals surface area contributed by atoms with Crippen molar-refractivity contribution in [2.45, 2.75) is 33.1 Å². The van der Waals surface area contributed by atoms with E-state index in [-0.39, 0.29) is 0 Å². The summed E-state index contributed by atoms with van der Waals surface area (Å²) < 4.78 is 0. The smallest absolute Gasteiger partial charge is 0.194 e. The average molecular weight is 387 g/mol. The molecule has 1 aliphatic rings. The number of rotatable bonds is 6. The summed E-state index contributed by atoms with van der Waals surface area (Å²) in [6, 6.07) is 6.08. The van der Waals surface area contributed by atoms with Crippen molar-refractivity contribution in [2.75, 3.05) is 44.2 Å². The lowest BCUT2D eigenvalue weighted by Gasteiger charge is -2.37. The Morgan fingerprint density at radius 2 is 2.07 bits per heavy atom. The van der Waals surface area contributed by atoms with Gasteiger partial charge in [-0.05, 0) is 19.1 Å². The van der Waals surface area contributed by atoms with Gasteiger partial charge in [0, 0.05) is 63.2 Å². The minimum Gasteiger partial charge on any atom is -0.357 e. The third-order valence-corrected chi connectivity index (χ3v) is 5.77. The summed E-state index contributed by atoms with van der Waals surface area (Å²) in [5.41, 5.74) is 1.16. The maximum Gasteiger partial charge on any atom is 0.194 e. The normalized spacial score (nSPS) is 15.5. The lowest BCUT2D eigenvalue weighted by molar-refractivity contribution is 0.371. The van der Waals surface area contributed by atoms with Gasteiger partial charge in [-0.3, -0.25) is 4.99 Å². The highest BCUT2D eigenvalue weighted by atomic mass is 32.1. The van der Waals surface area contributed by atoms with Gasteiger partial charge < -0.3 is 15.1 Å². The second-order valence-electron chi connectivity index (χ2n) is 6.98. The van der Waals surface area contributed by atoms with E-state index in [1.165, 1.54) is 5.01 Å². The van der Waals surface area contributed by atoms with Gasteiger partial charge in [0.1, 0.15) is 5.82 Å². The summed E-state index contributed by atoms with van der Waals surface area (Å²) >= 11 is 1.76. The van der Waals surface area contributed by atoms with E-state index in [2.05, 4.69) is 52.3 Å². The molecule has 1 fully saturated rings. The highest BCUT2D eigenvalue weighted by Gasteiger charge is 2.20. The number of nitrogens with zero attached hydrogens (tertiary/aromatic N) is 5. The Kier molecular flexibility index (Phi) is 7.04. The Labute approximate surface area is 166 Å². The SMILES string of the molecule is CCNC(=NCCc1csc(C(C)C)n1)N1CCN(c2ccccn2)CC1. The molecule has 1 N–H and O–H groups in total. The van der Waals surface area contributed by atoms with Gasteiger partial charge in [0.05, 0.1) is 10.7 Å². The van der Waals surface area contributed by atoms with E-state index in [0.717, 1.165) is 63.2 Å². The predicted molar refractivity (Wildman–Crippen MR) is 114 cm³/mol. The molecule has 0 bridgehead atoms. The molecule has 0 saturated carbocycles. The first-order chi connectivity index (χ1) is 13.2. The molecule has 0 spiro atoms. The molecule has 1 aliphatic heterocycles. The van der Waals surface area contributed by atoms with Crippen molar-refractivity contribution in [3.05, 3.63) is 40.5 Å². The van der Waals surface area contributed by atoms with Gasteiger partial charge in [-0.2, -0.15) is 0 Å². The zero-order valence-corrected chi connectivity index (χ0v) is 17.4. The minimum atomic E-state index is 0.500. The monoisotopic (exact) mass is 386 g/mol. The standard InChI is InChI=1S/C20H30N6S/c1-4-21-20(23-10-8-17-15-27-19(24-17)16(2)3)26-13-11-25(12-14-26)18-7-5-6-9-22-18/h5-7,9,15-16H,4,8,10-14H2,1-3H3,(H,21,23). The summed E-state index contributed by atoms with van der Waals surface area (Å²) in [7, 11) is 0. The molecule has 2 aromatic heterocycles. The number of anilines is 1. The molecule has 7 heteroatoms. The van der Waals surface area contributed by atoms with Gasteiger partial charge in [0.25, 0.3) is 0 Å². The molecule has 2 aromatic rings. The van der Waals surface area contributed by atoms with Crippen LogP contribution in [0.25, 0.3) is 0 Å². The van der Waals surface area contributed by atoms with Crippen LogP contribution in [0.5, 0.6) is 0 Å². The maximum absolute atomic E-state index is 4.85. The van der Waals surface area contributed by atoms with E-state index >= 15 is 0 Å². The zero-order chi connectivity index (χ0) is 19.1. The maximum atomic E-state index is 4.85. The van der Waals surface area contributed by atoms with Crippen LogP contribution < -0.4 is 10.2 Å². The fourth-order valence-corrected chi connectivity index (χ4v) is 3.96. The molecule has 27 heavy (non-hydrogen) atoms. The van der Waals surface area contributed by atoms with Crippen LogP contribution in [0.1, 0.15) is 37.4 Å². The lowest BCUT2D eigenvalue weighted by atomic mass is 10.2. The molecule has 0 aromatic carbocycles. The summed E-state index contributed by atoms with van der Waals surface area (Å²) in [4.78, 5) is 18.7. The van der Waals surface area contributed by atoms with Gasteiger partial charge in [-0.1, -0.05) is 19.9 Å². The van der Waals surface area contributed by atoms with Crippen LogP contribution in [0, 0.1) is 0 Å². The molecule has 0 unspecified atom stereocenters. The minimum absolute atomic E-state index is 0.500. The molecule has 6 nitrogen and oxygen atoms in total. The van der Waals surface area contributed by atoms with Crippen LogP contribution in [0.15, 0.2) is 34.8 Å². The lowest BCUT2D eigenvalue weighted by Crippen LogP contribution is -2.52. The molecular weight excluding hydrogens is 356 g/mol. The fraction of sp³-hybridized carbons (Fsp3) is 0.550. The van der Waals surface area contributed by atoms with Crippen molar-refractivity contribution < 1.29 is 0 Å². The molecule has 146 valence electrons. The number of hydrogen-bond donors (Lipinski definition) is 1. The van der Waals surface area contributed by atoms with Crippen molar-refractivity contribution in [1.82, 2.24) is 20.2 Å². The van der Waals surface area contributed by atoms with Crippen molar-refractivity contribution in [2.24, 2.45) is 4.99 Å². The number of hydrogen-bond acceptors (Lipinski definition) is 5. The van der Waals surface area contributed by atoms with Gasteiger partial charge in [-0.25, -0.2) is 9.97 Å². The van der Waals surface area contributed by atoms with Crippen LogP contribution in [-0.2, 0) is 6.42 Å². The van der Waals surface area contributed by atoms with E-state index in [0.29, 0.717) is 5.92 Å². The summed E-state index contributed by atoms with van der Waals surface area (Å²) in [5.74, 6) is 2.57. The molecule has 1 saturated heterocycles. The van der Waals surface area contributed by atoms with E-state index in [9.17, 15) is 0 Å². The number of aromatic nitrogens is 2. The number of piperazine rings is 1. The van der Waals surface area contributed by atoms with Crippen molar-refractivity contribution >= 4 is 23.1 Å². The van der Waals surface area contributed by atoms with Crippen LogP contribution in [0.2, 0.25) is 0 Å². The number of pyridine rings is 1. The van der Waals surface area contributed by atoms with Gasteiger partial charge in [-0.15, -0.1) is 11.3 Å². The second-order valence-corrected chi connectivity index (χ2v) is 7.87. The van der Waals surface area contributed by atoms with Gasteiger partial charge in [0.15, 0.2) is 5.96 Å². The predicted octanol–water partition coefficient (Wildman–Crippen LogP) is 2.99.